The Labute approximate surface area is 124 Å². The Kier molecular flexibility index (Phi) is 4.17. The summed E-state index contributed by atoms with van der Waals surface area (Å²) in [4.78, 5) is 12.6. The molecule has 2 aromatic rings. The summed E-state index contributed by atoms with van der Waals surface area (Å²) in [5.41, 5.74) is 8.42. The minimum atomic E-state index is -0.311. The van der Waals surface area contributed by atoms with Gasteiger partial charge in [-0.3, -0.25) is 4.79 Å². The summed E-state index contributed by atoms with van der Waals surface area (Å²) in [5.74, 6) is -0.176. The molecule has 0 saturated heterocycles. The van der Waals surface area contributed by atoms with Gasteiger partial charge in [0.25, 0.3) is 0 Å². The molecule has 0 radical (unpaired) electrons. The van der Waals surface area contributed by atoms with Crippen LogP contribution >= 0.6 is 0 Å². The second kappa shape index (κ2) is 5.87. The Balaban J connectivity index is 2.66. The van der Waals surface area contributed by atoms with Crippen molar-refractivity contribution in [2.75, 3.05) is 12.3 Å². The average Bonchev–Trinajstić information content (AvgIpc) is 2.50. The maximum atomic E-state index is 12.6. The van der Waals surface area contributed by atoms with Gasteiger partial charge in [-0.05, 0) is 31.9 Å². The highest BCUT2D eigenvalue weighted by Crippen LogP contribution is 2.41. The van der Waals surface area contributed by atoms with E-state index in [2.05, 4.69) is 0 Å². The number of hydrogen-bond donors (Lipinski definition) is 2. The Morgan fingerprint density at radius 3 is 2.38 bits per heavy atom. The molecule has 4 nitrogen and oxygen atoms in total. The van der Waals surface area contributed by atoms with Crippen molar-refractivity contribution in [2.45, 2.75) is 20.8 Å². The van der Waals surface area contributed by atoms with Gasteiger partial charge in [-0.2, -0.15) is 0 Å². The summed E-state index contributed by atoms with van der Waals surface area (Å²) in [6.07, 6.45) is 0. The SMILES string of the molecule is CCOc1c(C)c(C)c(N)c(C(=O)c2ccccc2)c1O. The molecule has 0 spiro atoms. The molecule has 0 amide bonds. The summed E-state index contributed by atoms with van der Waals surface area (Å²) in [5, 5.41) is 10.4. The number of nitrogens with two attached hydrogens (primary N) is 1. The fourth-order valence-electron chi connectivity index (χ4n) is 2.26. The van der Waals surface area contributed by atoms with Crippen molar-refractivity contribution in [3.05, 3.63) is 52.6 Å². The van der Waals surface area contributed by atoms with Gasteiger partial charge in [0.2, 0.25) is 0 Å². The number of benzene rings is 2. The van der Waals surface area contributed by atoms with Gasteiger partial charge in [0, 0.05) is 5.56 Å². The van der Waals surface area contributed by atoms with Crippen LogP contribution in [0.15, 0.2) is 30.3 Å². The van der Waals surface area contributed by atoms with E-state index in [0.717, 1.165) is 11.1 Å². The van der Waals surface area contributed by atoms with Crippen LogP contribution in [0.2, 0.25) is 0 Å². The van der Waals surface area contributed by atoms with Crippen molar-refractivity contribution in [2.24, 2.45) is 0 Å². The van der Waals surface area contributed by atoms with Crippen LogP contribution < -0.4 is 10.5 Å². The Morgan fingerprint density at radius 2 is 1.81 bits per heavy atom. The molecule has 4 heteroatoms. The van der Waals surface area contributed by atoms with E-state index in [1.807, 2.05) is 26.8 Å². The molecule has 0 aromatic heterocycles. The molecular formula is C17H19NO3. The van der Waals surface area contributed by atoms with Gasteiger partial charge < -0.3 is 15.6 Å². The molecule has 21 heavy (non-hydrogen) atoms. The number of ketones is 1. The lowest BCUT2D eigenvalue weighted by atomic mass is 9.94. The number of nitrogen functional groups attached to an aromatic ring is 1. The predicted octanol–water partition coefficient (Wildman–Crippen LogP) is 3.22. The zero-order chi connectivity index (χ0) is 15.6. The molecular weight excluding hydrogens is 266 g/mol. The fourth-order valence-corrected chi connectivity index (χ4v) is 2.26. The first-order valence-corrected chi connectivity index (χ1v) is 6.83. The number of carbonyl (C=O) groups excluding carboxylic acids is 1. The number of phenols is 1. The third-order valence-electron chi connectivity index (χ3n) is 3.58. The van der Waals surface area contributed by atoms with Gasteiger partial charge >= 0.3 is 0 Å². The lowest BCUT2D eigenvalue weighted by Crippen LogP contribution is -2.10. The summed E-state index contributed by atoms with van der Waals surface area (Å²) in [6.45, 7) is 5.85. The first-order valence-electron chi connectivity index (χ1n) is 6.83. The van der Waals surface area contributed by atoms with Gasteiger partial charge in [0.15, 0.2) is 17.3 Å². The lowest BCUT2D eigenvalue weighted by molar-refractivity contribution is 0.103. The number of hydrogen-bond acceptors (Lipinski definition) is 4. The lowest BCUT2D eigenvalue weighted by Gasteiger charge is -2.18. The van der Waals surface area contributed by atoms with Crippen LogP contribution in [0.1, 0.15) is 34.0 Å². The van der Waals surface area contributed by atoms with Crippen LogP contribution in [0.5, 0.6) is 11.5 Å². The summed E-state index contributed by atoms with van der Waals surface area (Å²) >= 11 is 0. The molecule has 110 valence electrons. The van der Waals surface area contributed by atoms with E-state index in [1.54, 1.807) is 24.3 Å². The zero-order valence-corrected chi connectivity index (χ0v) is 12.4. The van der Waals surface area contributed by atoms with Gasteiger partial charge in [-0.25, -0.2) is 0 Å². The Hall–Kier alpha value is -2.49. The summed E-state index contributed by atoms with van der Waals surface area (Å²) in [6, 6.07) is 8.75. The van der Waals surface area contributed by atoms with Crippen LogP contribution in [0.25, 0.3) is 0 Å². The first kappa shape index (κ1) is 14.9. The molecule has 2 rings (SSSR count). The number of phenolic OH excluding ortho intramolecular Hbond substituents is 1. The molecule has 3 N–H and O–H groups in total. The Bertz CT molecular complexity index is 678. The van der Waals surface area contributed by atoms with E-state index in [0.29, 0.717) is 23.6 Å². The van der Waals surface area contributed by atoms with E-state index >= 15 is 0 Å². The van der Waals surface area contributed by atoms with Crippen molar-refractivity contribution in [3.63, 3.8) is 0 Å². The predicted molar refractivity (Wildman–Crippen MR) is 83.0 cm³/mol. The highest BCUT2D eigenvalue weighted by molar-refractivity contribution is 6.14. The molecule has 0 aliphatic heterocycles. The number of rotatable bonds is 4. The van der Waals surface area contributed by atoms with E-state index < -0.39 is 0 Å². The number of ether oxygens (including phenoxy) is 1. The van der Waals surface area contributed by atoms with Crippen LogP contribution in [-0.2, 0) is 0 Å². The second-order valence-electron chi connectivity index (χ2n) is 4.84. The molecule has 2 aromatic carbocycles. The fraction of sp³-hybridized carbons (Fsp3) is 0.235. The van der Waals surface area contributed by atoms with Crippen molar-refractivity contribution in [1.82, 2.24) is 0 Å². The van der Waals surface area contributed by atoms with Crippen LogP contribution in [0.3, 0.4) is 0 Å². The van der Waals surface area contributed by atoms with Gasteiger partial charge in [0.1, 0.15) is 0 Å². The third kappa shape index (κ3) is 2.57. The number of anilines is 1. The molecule has 0 atom stereocenters. The standard InChI is InChI=1S/C17H19NO3/c1-4-21-17-11(3)10(2)14(18)13(16(17)20)15(19)12-8-6-5-7-9-12/h5-9,20H,4,18H2,1-3H3. The highest BCUT2D eigenvalue weighted by Gasteiger charge is 2.24. The van der Waals surface area contributed by atoms with Crippen LogP contribution in [0, 0.1) is 13.8 Å². The number of aromatic hydroxyl groups is 1. The van der Waals surface area contributed by atoms with Crippen molar-refractivity contribution < 1.29 is 14.6 Å². The Morgan fingerprint density at radius 1 is 1.19 bits per heavy atom. The minimum Gasteiger partial charge on any atom is -0.504 e. The van der Waals surface area contributed by atoms with Crippen molar-refractivity contribution in [3.8, 4) is 11.5 Å². The maximum Gasteiger partial charge on any atom is 0.198 e. The summed E-state index contributed by atoms with van der Waals surface area (Å²) in [7, 11) is 0. The smallest absolute Gasteiger partial charge is 0.198 e. The van der Waals surface area contributed by atoms with Crippen LogP contribution in [0.4, 0.5) is 5.69 Å². The van der Waals surface area contributed by atoms with Crippen LogP contribution in [-0.4, -0.2) is 17.5 Å². The molecule has 0 aliphatic carbocycles. The van der Waals surface area contributed by atoms with E-state index in [4.69, 9.17) is 10.5 Å². The number of carbonyl (C=O) groups is 1. The largest absolute Gasteiger partial charge is 0.504 e. The first-order chi connectivity index (χ1) is 9.99. The third-order valence-corrected chi connectivity index (χ3v) is 3.58. The van der Waals surface area contributed by atoms with E-state index in [1.165, 1.54) is 0 Å². The molecule has 0 unspecified atom stereocenters. The monoisotopic (exact) mass is 285 g/mol. The van der Waals surface area contributed by atoms with Crippen molar-refractivity contribution >= 4 is 11.5 Å². The summed E-state index contributed by atoms with van der Waals surface area (Å²) < 4.78 is 5.47. The molecule has 0 fully saturated rings. The second-order valence-corrected chi connectivity index (χ2v) is 4.84. The average molecular weight is 285 g/mol. The minimum absolute atomic E-state index is 0.104. The van der Waals surface area contributed by atoms with E-state index in [9.17, 15) is 9.90 Å². The molecule has 0 aliphatic rings. The maximum absolute atomic E-state index is 12.6. The quantitative estimate of drug-likeness (QED) is 0.668. The topological polar surface area (TPSA) is 72.5 Å². The van der Waals surface area contributed by atoms with Crippen molar-refractivity contribution in [1.29, 1.82) is 0 Å². The zero-order valence-electron chi connectivity index (χ0n) is 12.4. The normalized spacial score (nSPS) is 10.4. The van der Waals surface area contributed by atoms with Gasteiger partial charge in [-0.1, -0.05) is 30.3 Å². The van der Waals surface area contributed by atoms with E-state index in [-0.39, 0.29) is 17.1 Å². The molecule has 0 saturated carbocycles. The molecule has 0 bridgehead atoms. The highest BCUT2D eigenvalue weighted by atomic mass is 16.5. The van der Waals surface area contributed by atoms with Gasteiger partial charge in [-0.15, -0.1) is 0 Å². The molecule has 0 heterocycles. The van der Waals surface area contributed by atoms with Gasteiger partial charge in [0.05, 0.1) is 17.9 Å².